The first-order valence-electron chi connectivity index (χ1n) is 20.5. The lowest BCUT2D eigenvalue weighted by Crippen LogP contribution is -2.15. The van der Waals surface area contributed by atoms with Crippen molar-refractivity contribution >= 4 is 0 Å². The molecule has 0 fully saturated rings. The first kappa shape index (κ1) is 51.5. The standard InChI is InChI=1S/C39H81NO12/c1-2-3-4-5-6-7-8-9-10-11-12-13-14-16-41-18-20-43-22-24-45-26-28-47-30-32-49-34-36-51-38-39-52-37-35-50-33-31-48-29-27-46-25-23-44-21-19-42-17-15-40/h2-40H2,1H3. The molecule has 0 spiro atoms. The van der Waals surface area contributed by atoms with E-state index < -0.39 is 0 Å². The second-order valence-corrected chi connectivity index (χ2v) is 12.4. The second-order valence-electron chi connectivity index (χ2n) is 12.4. The van der Waals surface area contributed by atoms with Gasteiger partial charge in [-0.2, -0.15) is 0 Å². The Morgan fingerprint density at radius 3 is 0.596 bits per heavy atom. The lowest BCUT2D eigenvalue weighted by atomic mass is 10.0. The van der Waals surface area contributed by atoms with E-state index in [4.69, 9.17) is 62.6 Å². The number of rotatable bonds is 49. The van der Waals surface area contributed by atoms with Crippen molar-refractivity contribution in [1.29, 1.82) is 0 Å². The molecule has 0 saturated carbocycles. The summed E-state index contributed by atoms with van der Waals surface area (Å²) in [6.07, 6.45) is 17.8. The van der Waals surface area contributed by atoms with Gasteiger partial charge in [-0.3, -0.25) is 0 Å². The quantitative estimate of drug-likeness (QED) is 0.0812. The fourth-order valence-electron chi connectivity index (χ4n) is 4.83. The number of ether oxygens (including phenoxy) is 12. The summed E-state index contributed by atoms with van der Waals surface area (Å²) in [7, 11) is 0. The molecule has 0 bridgehead atoms. The molecular formula is C39H81NO12. The molecule has 0 rings (SSSR count). The molecule has 0 aliphatic rings. The van der Waals surface area contributed by atoms with E-state index in [-0.39, 0.29) is 0 Å². The van der Waals surface area contributed by atoms with Gasteiger partial charge in [-0.25, -0.2) is 0 Å². The van der Waals surface area contributed by atoms with Crippen molar-refractivity contribution in [3.05, 3.63) is 0 Å². The minimum absolute atomic E-state index is 0.517. The molecule has 13 nitrogen and oxygen atoms in total. The van der Waals surface area contributed by atoms with Crippen LogP contribution < -0.4 is 5.73 Å². The Morgan fingerprint density at radius 1 is 0.212 bits per heavy atom. The fourth-order valence-corrected chi connectivity index (χ4v) is 4.83. The Labute approximate surface area is 317 Å². The molecule has 0 aromatic heterocycles. The minimum Gasteiger partial charge on any atom is -0.379 e. The largest absolute Gasteiger partial charge is 0.379 e. The number of unbranched alkanes of at least 4 members (excludes halogenated alkanes) is 12. The van der Waals surface area contributed by atoms with E-state index in [1.807, 2.05) is 0 Å². The van der Waals surface area contributed by atoms with Gasteiger partial charge in [-0.05, 0) is 6.42 Å². The van der Waals surface area contributed by atoms with Crippen LogP contribution in [0.15, 0.2) is 0 Å². The van der Waals surface area contributed by atoms with Crippen molar-refractivity contribution in [2.45, 2.75) is 90.4 Å². The number of hydrogen-bond acceptors (Lipinski definition) is 13. The summed E-state index contributed by atoms with van der Waals surface area (Å²) in [5.41, 5.74) is 5.34. The number of hydrogen-bond donors (Lipinski definition) is 1. The molecule has 13 heteroatoms. The van der Waals surface area contributed by atoms with Crippen LogP contribution in [0.2, 0.25) is 0 Å². The van der Waals surface area contributed by atoms with E-state index in [0.29, 0.717) is 159 Å². The Balaban J connectivity index is 3.04. The highest BCUT2D eigenvalue weighted by molar-refractivity contribution is 4.49. The summed E-state index contributed by atoms with van der Waals surface area (Å²) in [6, 6.07) is 0. The average molecular weight is 756 g/mol. The summed E-state index contributed by atoms with van der Waals surface area (Å²) in [5, 5.41) is 0. The van der Waals surface area contributed by atoms with Crippen LogP contribution in [-0.4, -0.2) is 165 Å². The van der Waals surface area contributed by atoms with Crippen LogP contribution in [0.1, 0.15) is 90.4 Å². The van der Waals surface area contributed by atoms with Crippen molar-refractivity contribution in [3.63, 3.8) is 0 Å². The van der Waals surface area contributed by atoms with E-state index >= 15 is 0 Å². The monoisotopic (exact) mass is 756 g/mol. The van der Waals surface area contributed by atoms with Crippen molar-refractivity contribution in [2.24, 2.45) is 5.73 Å². The first-order chi connectivity index (χ1) is 25.9. The highest BCUT2D eigenvalue weighted by Crippen LogP contribution is 2.12. The molecule has 0 unspecified atom stereocenters. The molecule has 52 heavy (non-hydrogen) atoms. The van der Waals surface area contributed by atoms with Gasteiger partial charge < -0.3 is 62.6 Å². The lowest BCUT2D eigenvalue weighted by molar-refractivity contribution is -0.0283. The highest BCUT2D eigenvalue weighted by Gasteiger charge is 1.98. The van der Waals surface area contributed by atoms with Crippen molar-refractivity contribution in [1.82, 2.24) is 0 Å². The van der Waals surface area contributed by atoms with E-state index in [1.165, 1.54) is 77.0 Å². The van der Waals surface area contributed by atoms with Crippen molar-refractivity contribution < 1.29 is 56.8 Å². The zero-order valence-electron chi connectivity index (χ0n) is 33.3. The summed E-state index contributed by atoms with van der Waals surface area (Å²) in [5.74, 6) is 0. The molecule has 0 radical (unpaired) electrons. The van der Waals surface area contributed by atoms with E-state index in [9.17, 15) is 0 Å². The lowest BCUT2D eigenvalue weighted by Gasteiger charge is -2.09. The Kier molecular flexibility index (Phi) is 50.0. The van der Waals surface area contributed by atoms with Crippen LogP contribution >= 0.6 is 0 Å². The zero-order chi connectivity index (χ0) is 37.4. The zero-order valence-corrected chi connectivity index (χ0v) is 33.3. The van der Waals surface area contributed by atoms with Crippen LogP contribution in [0.5, 0.6) is 0 Å². The summed E-state index contributed by atoms with van der Waals surface area (Å²) < 4.78 is 65.8. The first-order valence-corrected chi connectivity index (χ1v) is 20.5. The van der Waals surface area contributed by atoms with Crippen molar-refractivity contribution in [2.75, 3.05) is 165 Å². The van der Waals surface area contributed by atoms with Gasteiger partial charge in [0.05, 0.1) is 152 Å². The van der Waals surface area contributed by atoms with E-state index in [0.717, 1.165) is 13.0 Å². The molecule has 0 aromatic carbocycles. The summed E-state index contributed by atoms with van der Waals surface area (Å²) >= 11 is 0. The van der Waals surface area contributed by atoms with Crippen LogP contribution in [-0.2, 0) is 56.8 Å². The summed E-state index contributed by atoms with van der Waals surface area (Å²) in [6.45, 7) is 16.1. The second kappa shape index (κ2) is 50.5. The molecule has 0 saturated heterocycles. The smallest absolute Gasteiger partial charge is 0.0701 e. The fraction of sp³-hybridized carbons (Fsp3) is 1.00. The van der Waals surface area contributed by atoms with Gasteiger partial charge >= 0.3 is 0 Å². The molecule has 0 heterocycles. The van der Waals surface area contributed by atoms with Crippen molar-refractivity contribution in [3.8, 4) is 0 Å². The molecule has 0 aromatic rings. The molecule has 0 aliphatic carbocycles. The molecule has 0 aliphatic heterocycles. The predicted molar refractivity (Wildman–Crippen MR) is 205 cm³/mol. The molecule has 2 N–H and O–H groups in total. The van der Waals surface area contributed by atoms with Crippen LogP contribution in [0.3, 0.4) is 0 Å². The third kappa shape index (κ3) is 49.5. The maximum absolute atomic E-state index is 5.68. The minimum atomic E-state index is 0.517. The maximum Gasteiger partial charge on any atom is 0.0701 e. The Bertz CT molecular complexity index is 562. The van der Waals surface area contributed by atoms with Gasteiger partial charge in [0.1, 0.15) is 0 Å². The number of nitrogens with two attached hydrogens (primary N) is 1. The Morgan fingerprint density at radius 2 is 0.385 bits per heavy atom. The average Bonchev–Trinajstić information content (AvgIpc) is 3.16. The molecule has 314 valence electrons. The topological polar surface area (TPSA) is 137 Å². The molecular weight excluding hydrogens is 674 g/mol. The van der Waals surface area contributed by atoms with Gasteiger partial charge in [-0.15, -0.1) is 0 Å². The molecule has 0 atom stereocenters. The summed E-state index contributed by atoms with van der Waals surface area (Å²) in [4.78, 5) is 0. The highest BCUT2D eigenvalue weighted by atomic mass is 16.6. The van der Waals surface area contributed by atoms with E-state index in [2.05, 4.69) is 6.92 Å². The van der Waals surface area contributed by atoms with Gasteiger partial charge in [0.25, 0.3) is 0 Å². The SMILES string of the molecule is CCCCCCCCCCCCCCCOCCOCCOCCOCCOCCOCCOCCOCCOCCOCCOCCOCCN. The third-order valence-electron chi connectivity index (χ3n) is 7.75. The van der Waals surface area contributed by atoms with Crippen LogP contribution in [0, 0.1) is 0 Å². The third-order valence-corrected chi connectivity index (χ3v) is 7.75. The maximum atomic E-state index is 5.68. The van der Waals surface area contributed by atoms with Crippen LogP contribution in [0.4, 0.5) is 0 Å². The van der Waals surface area contributed by atoms with Crippen LogP contribution in [0.25, 0.3) is 0 Å². The van der Waals surface area contributed by atoms with Gasteiger partial charge in [-0.1, -0.05) is 84.0 Å². The van der Waals surface area contributed by atoms with Gasteiger partial charge in [0.15, 0.2) is 0 Å². The van der Waals surface area contributed by atoms with Gasteiger partial charge in [0.2, 0.25) is 0 Å². The normalized spacial score (nSPS) is 11.7. The van der Waals surface area contributed by atoms with Gasteiger partial charge in [0, 0.05) is 13.2 Å². The predicted octanol–water partition coefficient (Wildman–Crippen LogP) is 5.24. The molecule has 0 amide bonds. The van der Waals surface area contributed by atoms with E-state index in [1.54, 1.807) is 0 Å². The Hall–Kier alpha value is -0.520.